The molecular formula is C20H27NO3. The molecule has 130 valence electrons. The molecule has 0 aliphatic carbocycles. The van der Waals surface area contributed by atoms with Gasteiger partial charge in [-0.2, -0.15) is 0 Å². The van der Waals surface area contributed by atoms with Crippen LogP contribution in [0.4, 0.5) is 0 Å². The summed E-state index contributed by atoms with van der Waals surface area (Å²) in [6, 6.07) is 15.2. The molecule has 0 saturated carbocycles. The van der Waals surface area contributed by atoms with Crippen LogP contribution in [0.25, 0.3) is 0 Å². The summed E-state index contributed by atoms with van der Waals surface area (Å²) in [5.74, 6) is 1.49. The highest BCUT2D eigenvalue weighted by Crippen LogP contribution is 2.38. The molecule has 2 aromatic carbocycles. The van der Waals surface area contributed by atoms with Gasteiger partial charge in [-0.1, -0.05) is 37.3 Å². The van der Waals surface area contributed by atoms with Crippen molar-refractivity contribution < 1.29 is 14.6 Å². The summed E-state index contributed by atoms with van der Waals surface area (Å²) < 4.78 is 11.1. The van der Waals surface area contributed by atoms with E-state index in [1.54, 1.807) is 7.11 Å². The number of hydrogen-bond donors (Lipinski definition) is 1. The Hall–Kier alpha value is -2.04. The third kappa shape index (κ3) is 4.08. The molecule has 1 atom stereocenters. The number of methoxy groups -OCH3 is 1. The zero-order valence-electron chi connectivity index (χ0n) is 15.0. The van der Waals surface area contributed by atoms with E-state index in [1.165, 1.54) is 0 Å². The Morgan fingerprint density at radius 1 is 1.04 bits per heavy atom. The molecule has 24 heavy (non-hydrogen) atoms. The molecule has 2 aromatic rings. The number of benzene rings is 2. The van der Waals surface area contributed by atoms with Crippen LogP contribution >= 0.6 is 0 Å². The van der Waals surface area contributed by atoms with Crippen molar-refractivity contribution in [3.8, 4) is 11.5 Å². The van der Waals surface area contributed by atoms with Gasteiger partial charge in [0, 0.05) is 12.1 Å². The first-order chi connectivity index (χ1) is 11.5. The highest BCUT2D eigenvalue weighted by Gasteiger charge is 2.32. The number of nitrogens with zero attached hydrogens (tertiary/aromatic N) is 1. The lowest BCUT2D eigenvalue weighted by Crippen LogP contribution is -2.27. The summed E-state index contributed by atoms with van der Waals surface area (Å²) in [4.78, 5) is 2.08. The summed E-state index contributed by atoms with van der Waals surface area (Å²) in [6.45, 7) is 3.46. The lowest BCUT2D eigenvalue weighted by molar-refractivity contribution is 0.0736. The Labute approximate surface area is 144 Å². The van der Waals surface area contributed by atoms with Crippen molar-refractivity contribution in [1.29, 1.82) is 0 Å². The predicted octanol–water partition coefficient (Wildman–Crippen LogP) is 3.28. The summed E-state index contributed by atoms with van der Waals surface area (Å²) in [5.41, 5.74) is 0.514. The molecular weight excluding hydrogens is 302 g/mol. The number of rotatable bonds is 8. The highest BCUT2D eigenvalue weighted by molar-refractivity contribution is 5.45. The fourth-order valence-electron chi connectivity index (χ4n) is 2.71. The van der Waals surface area contributed by atoms with Gasteiger partial charge in [-0.15, -0.1) is 0 Å². The predicted molar refractivity (Wildman–Crippen MR) is 96.8 cm³/mol. The van der Waals surface area contributed by atoms with Crippen molar-refractivity contribution in [2.24, 2.45) is 0 Å². The third-order valence-electron chi connectivity index (χ3n) is 4.20. The molecule has 1 N–H and O–H groups in total. The van der Waals surface area contributed by atoms with Crippen LogP contribution in [-0.2, 0) is 5.60 Å². The van der Waals surface area contributed by atoms with E-state index in [0.29, 0.717) is 18.8 Å². The average Bonchev–Trinajstić information content (AvgIpc) is 2.61. The first kappa shape index (κ1) is 18.3. The van der Waals surface area contributed by atoms with Crippen LogP contribution in [0.15, 0.2) is 48.5 Å². The molecule has 0 aliphatic heterocycles. The standard InChI is InChI=1S/C20H27NO3/c1-5-20(22,18-8-6-7-9-19(18)23-4)16-10-12-17(13-11-16)24-15-14-21(2)3/h6-13,22H,5,14-15H2,1-4H3. The van der Waals surface area contributed by atoms with Crippen molar-refractivity contribution in [3.63, 3.8) is 0 Å². The maximum absolute atomic E-state index is 11.3. The summed E-state index contributed by atoms with van der Waals surface area (Å²) in [7, 11) is 5.65. The SMILES string of the molecule is CCC(O)(c1ccc(OCCN(C)C)cc1)c1ccccc1OC. The van der Waals surface area contributed by atoms with Crippen LogP contribution < -0.4 is 9.47 Å². The fourth-order valence-corrected chi connectivity index (χ4v) is 2.71. The van der Waals surface area contributed by atoms with E-state index in [2.05, 4.69) is 4.90 Å². The van der Waals surface area contributed by atoms with Gasteiger partial charge in [0.15, 0.2) is 0 Å². The van der Waals surface area contributed by atoms with Gasteiger partial charge in [-0.25, -0.2) is 0 Å². The van der Waals surface area contributed by atoms with Crippen LogP contribution in [0.5, 0.6) is 11.5 Å². The van der Waals surface area contributed by atoms with E-state index in [9.17, 15) is 5.11 Å². The Balaban J connectivity index is 2.24. The van der Waals surface area contributed by atoms with Crippen molar-refractivity contribution in [2.45, 2.75) is 18.9 Å². The fraction of sp³-hybridized carbons (Fsp3) is 0.400. The minimum atomic E-state index is -1.09. The largest absolute Gasteiger partial charge is 0.496 e. The summed E-state index contributed by atoms with van der Waals surface area (Å²) >= 11 is 0. The third-order valence-corrected chi connectivity index (χ3v) is 4.20. The summed E-state index contributed by atoms with van der Waals surface area (Å²) in [5, 5.41) is 11.3. The van der Waals surface area contributed by atoms with Crippen LogP contribution in [0.1, 0.15) is 24.5 Å². The molecule has 0 aromatic heterocycles. The Morgan fingerprint density at radius 3 is 2.29 bits per heavy atom. The molecule has 0 fully saturated rings. The average molecular weight is 329 g/mol. The first-order valence-electron chi connectivity index (χ1n) is 8.25. The van der Waals surface area contributed by atoms with Gasteiger partial charge in [-0.05, 0) is 44.3 Å². The second-order valence-electron chi connectivity index (χ2n) is 6.09. The number of aliphatic hydroxyl groups is 1. The Bertz CT molecular complexity index is 640. The maximum Gasteiger partial charge on any atom is 0.125 e. The van der Waals surface area contributed by atoms with Gasteiger partial charge in [0.2, 0.25) is 0 Å². The first-order valence-corrected chi connectivity index (χ1v) is 8.25. The molecule has 0 amide bonds. The molecule has 0 aliphatic rings. The Kier molecular flexibility index (Phi) is 6.23. The van der Waals surface area contributed by atoms with Crippen molar-refractivity contribution in [3.05, 3.63) is 59.7 Å². The zero-order chi connectivity index (χ0) is 17.6. The lowest BCUT2D eigenvalue weighted by atomic mass is 9.83. The lowest BCUT2D eigenvalue weighted by Gasteiger charge is -2.29. The van der Waals surface area contributed by atoms with Crippen molar-refractivity contribution in [2.75, 3.05) is 34.4 Å². The van der Waals surface area contributed by atoms with Crippen LogP contribution in [0.3, 0.4) is 0 Å². The van der Waals surface area contributed by atoms with Crippen LogP contribution in [-0.4, -0.2) is 44.4 Å². The van der Waals surface area contributed by atoms with Gasteiger partial charge in [-0.3, -0.25) is 0 Å². The van der Waals surface area contributed by atoms with E-state index < -0.39 is 5.60 Å². The van der Waals surface area contributed by atoms with Gasteiger partial charge < -0.3 is 19.5 Å². The van der Waals surface area contributed by atoms with E-state index in [-0.39, 0.29) is 0 Å². The molecule has 2 rings (SSSR count). The molecule has 0 heterocycles. The van der Waals surface area contributed by atoms with E-state index >= 15 is 0 Å². The number of para-hydroxylation sites is 1. The van der Waals surface area contributed by atoms with Crippen LogP contribution in [0, 0.1) is 0 Å². The molecule has 1 unspecified atom stereocenters. The van der Waals surface area contributed by atoms with E-state index in [0.717, 1.165) is 23.4 Å². The van der Waals surface area contributed by atoms with Gasteiger partial charge in [0.05, 0.1) is 7.11 Å². The number of hydrogen-bond acceptors (Lipinski definition) is 4. The van der Waals surface area contributed by atoms with Gasteiger partial charge in [0.25, 0.3) is 0 Å². The van der Waals surface area contributed by atoms with E-state index in [1.807, 2.05) is 69.6 Å². The molecule has 0 bridgehead atoms. The Morgan fingerprint density at radius 2 is 1.71 bits per heavy atom. The van der Waals surface area contributed by atoms with Gasteiger partial charge >= 0.3 is 0 Å². The minimum Gasteiger partial charge on any atom is -0.496 e. The summed E-state index contributed by atoms with van der Waals surface area (Å²) in [6.07, 6.45) is 0.550. The van der Waals surface area contributed by atoms with Crippen molar-refractivity contribution >= 4 is 0 Å². The molecule has 4 nitrogen and oxygen atoms in total. The second-order valence-corrected chi connectivity index (χ2v) is 6.09. The normalized spacial score (nSPS) is 13.6. The molecule has 0 saturated heterocycles. The smallest absolute Gasteiger partial charge is 0.125 e. The number of likely N-dealkylation sites (N-methyl/N-ethyl adjacent to an activating group) is 1. The molecule has 0 radical (unpaired) electrons. The number of ether oxygens (including phenoxy) is 2. The minimum absolute atomic E-state index is 0.550. The second kappa shape index (κ2) is 8.18. The van der Waals surface area contributed by atoms with E-state index in [4.69, 9.17) is 9.47 Å². The quantitative estimate of drug-likeness (QED) is 0.807. The van der Waals surface area contributed by atoms with Crippen molar-refractivity contribution in [1.82, 2.24) is 4.90 Å². The molecule has 4 heteroatoms. The molecule has 0 spiro atoms. The monoisotopic (exact) mass is 329 g/mol. The highest BCUT2D eigenvalue weighted by atomic mass is 16.5. The topological polar surface area (TPSA) is 41.9 Å². The zero-order valence-corrected chi connectivity index (χ0v) is 15.0. The maximum atomic E-state index is 11.3. The van der Waals surface area contributed by atoms with Gasteiger partial charge in [0.1, 0.15) is 23.7 Å². The van der Waals surface area contributed by atoms with Crippen LogP contribution in [0.2, 0.25) is 0 Å².